The number of nitrogens with two attached hydrogens (primary N) is 1. The first-order chi connectivity index (χ1) is 5.77. The molecule has 4 heteroatoms. The monoisotopic (exact) mass is 161 g/mol. The summed E-state index contributed by atoms with van der Waals surface area (Å²) >= 11 is 0. The lowest BCUT2D eigenvalue weighted by molar-refractivity contribution is -0.662. The van der Waals surface area contributed by atoms with E-state index in [1.54, 1.807) is 4.68 Å². The zero-order chi connectivity index (χ0) is 8.55. The number of rotatable bonds is 1. The van der Waals surface area contributed by atoms with Gasteiger partial charge in [0.1, 0.15) is 0 Å². The maximum Gasteiger partial charge on any atom is 0.154 e. The van der Waals surface area contributed by atoms with Crippen LogP contribution in [0.15, 0.2) is 24.3 Å². The van der Waals surface area contributed by atoms with Crippen LogP contribution in [0.25, 0.3) is 5.69 Å². The molecule has 12 heavy (non-hydrogen) atoms. The number of aryl methyl sites for hydroxylation is 1. The highest BCUT2D eigenvalue weighted by molar-refractivity contribution is 5.23. The Kier molecular flexibility index (Phi) is 1.40. The van der Waals surface area contributed by atoms with E-state index >= 15 is 0 Å². The zero-order valence-corrected chi connectivity index (χ0v) is 6.73. The van der Waals surface area contributed by atoms with Crippen molar-refractivity contribution in [1.29, 1.82) is 0 Å². The number of nitrogen functional groups attached to an aromatic ring is 1. The first-order valence-electron chi connectivity index (χ1n) is 3.68. The van der Waals surface area contributed by atoms with Crippen LogP contribution in [-0.4, -0.2) is 10.1 Å². The lowest BCUT2D eigenvalue weighted by Gasteiger charge is -2.05. The Morgan fingerprint density at radius 1 is 1.42 bits per heavy atom. The second-order valence-corrected chi connectivity index (χ2v) is 2.57. The van der Waals surface area contributed by atoms with Gasteiger partial charge in [0.05, 0.1) is 5.82 Å². The zero-order valence-electron chi connectivity index (χ0n) is 6.73. The maximum atomic E-state index is 5.44. The van der Waals surface area contributed by atoms with Crippen LogP contribution in [0.3, 0.4) is 0 Å². The van der Waals surface area contributed by atoms with Gasteiger partial charge in [-0.2, -0.15) is 5.10 Å². The molecule has 1 heterocycles. The van der Waals surface area contributed by atoms with Gasteiger partial charge in [-0.1, -0.05) is 19.1 Å². The van der Waals surface area contributed by atoms with Crippen LogP contribution in [0.1, 0.15) is 5.82 Å². The molecule has 0 aliphatic rings. The molecule has 0 bridgehead atoms. The van der Waals surface area contributed by atoms with Crippen molar-refractivity contribution in [2.45, 2.75) is 6.92 Å². The smallest absolute Gasteiger partial charge is 0.154 e. The highest BCUT2D eigenvalue weighted by Gasteiger charge is 1.96. The van der Waals surface area contributed by atoms with Gasteiger partial charge in [-0.3, -0.25) is 4.98 Å². The Morgan fingerprint density at radius 2 is 2.08 bits per heavy atom. The van der Waals surface area contributed by atoms with Gasteiger partial charge in [0, 0.05) is 0 Å². The van der Waals surface area contributed by atoms with Gasteiger partial charge in [0.15, 0.2) is 5.95 Å². The van der Waals surface area contributed by atoms with Crippen LogP contribution in [0.4, 0.5) is 5.95 Å². The SMILES string of the molecule is C[c-]1nc(N)n[n+]1-[c-]1cccc1. The second-order valence-electron chi connectivity index (χ2n) is 2.57. The normalized spacial score (nSPS) is 10.4. The van der Waals surface area contributed by atoms with Crippen LogP contribution >= 0.6 is 0 Å². The Labute approximate surface area is 70.0 Å². The van der Waals surface area contributed by atoms with Gasteiger partial charge in [0.2, 0.25) is 0 Å². The van der Waals surface area contributed by atoms with Crippen LogP contribution in [0.2, 0.25) is 0 Å². The minimum atomic E-state index is 0.314. The summed E-state index contributed by atoms with van der Waals surface area (Å²) in [6, 6.07) is 7.82. The summed E-state index contributed by atoms with van der Waals surface area (Å²) in [6.07, 6.45) is 0. The Hall–Kier alpha value is -1.71. The van der Waals surface area contributed by atoms with Crippen LogP contribution in [0, 0.1) is 6.92 Å². The van der Waals surface area contributed by atoms with Gasteiger partial charge in [-0.25, -0.2) is 0 Å². The van der Waals surface area contributed by atoms with Crippen LogP contribution in [0.5, 0.6) is 0 Å². The summed E-state index contributed by atoms with van der Waals surface area (Å²) in [5, 5.41) is 4.04. The maximum absolute atomic E-state index is 5.44. The average molecular weight is 161 g/mol. The first-order valence-corrected chi connectivity index (χ1v) is 3.68. The first kappa shape index (κ1) is 6.97. The summed E-state index contributed by atoms with van der Waals surface area (Å²) in [6.45, 7) is 1.87. The van der Waals surface area contributed by atoms with Crippen molar-refractivity contribution in [3.05, 3.63) is 30.1 Å². The summed E-state index contributed by atoms with van der Waals surface area (Å²) in [7, 11) is 0. The number of hydrogen-bond acceptors (Lipinski definition) is 3. The highest BCUT2D eigenvalue weighted by atomic mass is 15.4. The summed E-state index contributed by atoms with van der Waals surface area (Å²) in [5.74, 6) is 1.12. The van der Waals surface area contributed by atoms with Crippen LogP contribution < -0.4 is 10.4 Å². The molecule has 1 aromatic carbocycles. The van der Waals surface area contributed by atoms with E-state index in [1.165, 1.54) is 0 Å². The van der Waals surface area contributed by atoms with Crippen molar-refractivity contribution in [3.8, 4) is 5.69 Å². The Morgan fingerprint density at radius 3 is 2.58 bits per heavy atom. The molecule has 0 aliphatic heterocycles. The van der Waals surface area contributed by atoms with Crippen molar-refractivity contribution >= 4 is 5.95 Å². The van der Waals surface area contributed by atoms with E-state index in [2.05, 4.69) is 10.1 Å². The van der Waals surface area contributed by atoms with E-state index in [0.29, 0.717) is 5.95 Å². The molecule has 0 saturated carbocycles. The molecule has 0 amide bonds. The third kappa shape index (κ3) is 0.972. The third-order valence-electron chi connectivity index (χ3n) is 1.67. The summed E-state index contributed by atoms with van der Waals surface area (Å²) in [4.78, 5) is 4.00. The molecule has 2 aromatic rings. The molecule has 0 fully saturated rings. The average Bonchev–Trinajstić information content (AvgIpc) is 2.58. The van der Waals surface area contributed by atoms with E-state index in [0.717, 1.165) is 11.5 Å². The van der Waals surface area contributed by atoms with Gasteiger partial charge in [-0.05, 0) is 5.69 Å². The third-order valence-corrected chi connectivity index (χ3v) is 1.67. The van der Waals surface area contributed by atoms with Crippen molar-refractivity contribution in [3.63, 3.8) is 0 Å². The molecule has 1 aromatic heterocycles. The van der Waals surface area contributed by atoms with Crippen molar-refractivity contribution in [1.82, 2.24) is 10.1 Å². The Bertz CT molecular complexity index is 372. The van der Waals surface area contributed by atoms with E-state index in [9.17, 15) is 0 Å². The van der Waals surface area contributed by atoms with E-state index in [4.69, 9.17) is 5.73 Å². The predicted octanol–water partition coefficient (Wildman–Crippen LogP) is 0.0817. The lowest BCUT2D eigenvalue weighted by atomic mass is 10.5. The van der Waals surface area contributed by atoms with Gasteiger partial charge >= 0.3 is 0 Å². The van der Waals surface area contributed by atoms with Crippen molar-refractivity contribution in [2.24, 2.45) is 0 Å². The molecular formula is C8H9N4-. The highest BCUT2D eigenvalue weighted by Crippen LogP contribution is 2.00. The van der Waals surface area contributed by atoms with Gasteiger partial charge in [-0.15, -0.1) is 12.1 Å². The molecule has 0 radical (unpaired) electrons. The van der Waals surface area contributed by atoms with E-state index in [-0.39, 0.29) is 0 Å². The fraction of sp³-hybridized carbons (Fsp3) is 0.125. The quantitative estimate of drug-likeness (QED) is 0.476. The number of anilines is 1. The molecule has 0 spiro atoms. The molecular weight excluding hydrogens is 152 g/mol. The number of hydrogen-bond donors (Lipinski definition) is 1. The van der Waals surface area contributed by atoms with Crippen LogP contribution in [-0.2, 0) is 0 Å². The van der Waals surface area contributed by atoms with Crippen molar-refractivity contribution in [2.75, 3.05) is 5.73 Å². The number of nitrogens with zero attached hydrogens (tertiary/aromatic N) is 3. The van der Waals surface area contributed by atoms with E-state index in [1.807, 2.05) is 31.2 Å². The number of aromatic nitrogens is 3. The largest absolute Gasteiger partial charge is 0.448 e. The minimum absolute atomic E-state index is 0.314. The molecule has 4 nitrogen and oxygen atoms in total. The van der Waals surface area contributed by atoms with E-state index < -0.39 is 0 Å². The molecule has 2 N–H and O–H groups in total. The predicted molar refractivity (Wildman–Crippen MR) is 43.9 cm³/mol. The summed E-state index contributed by atoms with van der Waals surface area (Å²) < 4.78 is 1.72. The van der Waals surface area contributed by atoms with Gasteiger partial charge in [0.25, 0.3) is 0 Å². The Balaban J connectivity index is 2.54. The van der Waals surface area contributed by atoms with Gasteiger partial charge < -0.3 is 10.4 Å². The second kappa shape index (κ2) is 2.41. The van der Waals surface area contributed by atoms with Crippen molar-refractivity contribution < 1.29 is 4.68 Å². The standard InChI is InChI=1S/C8H9N4/c1-6-10-8(9)11-12(6)7-4-2-3-5-7/h2-5H,1H3,(H2,9,10)/q-1. The lowest BCUT2D eigenvalue weighted by Crippen LogP contribution is -2.34. The molecule has 0 atom stereocenters. The fourth-order valence-corrected chi connectivity index (χ4v) is 1.16. The molecule has 2 rings (SSSR count). The molecule has 0 aliphatic carbocycles. The molecule has 62 valence electrons. The molecule has 0 unspecified atom stereocenters. The minimum Gasteiger partial charge on any atom is -0.448 e. The fourth-order valence-electron chi connectivity index (χ4n) is 1.16. The molecule has 0 saturated heterocycles. The summed E-state index contributed by atoms with van der Waals surface area (Å²) in [5.41, 5.74) is 6.44. The topological polar surface area (TPSA) is 55.7 Å².